The molecule has 35 heavy (non-hydrogen) atoms. The highest BCUT2D eigenvalue weighted by atomic mass is 32.2. The second-order valence-electron chi connectivity index (χ2n) is 9.01. The van der Waals surface area contributed by atoms with Crippen molar-refractivity contribution in [2.75, 3.05) is 5.32 Å². The van der Waals surface area contributed by atoms with Crippen molar-refractivity contribution in [2.45, 2.75) is 51.1 Å². The summed E-state index contributed by atoms with van der Waals surface area (Å²) in [5.41, 5.74) is 3.34. The molecule has 1 amide bonds. The lowest BCUT2D eigenvalue weighted by Gasteiger charge is -2.26. The first-order valence-electron chi connectivity index (χ1n) is 11.5. The highest BCUT2D eigenvalue weighted by molar-refractivity contribution is 7.89. The number of nitrogens with one attached hydrogen (secondary N) is 1. The fraction of sp³-hybridized carbons (Fsp3) is 0.259. The monoisotopic (exact) mass is 507 g/mol. The molecule has 182 valence electrons. The molecule has 0 bridgehead atoms. The maximum absolute atomic E-state index is 13.3. The normalized spacial score (nSPS) is 12.1. The van der Waals surface area contributed by atoms with Crippen molar-refractivity contribution in [1.82, 2.24) is 9.29 Å². The first-order chi connectivity index (χ1) is 16.6. The molecule has 0 radical (unpaired) electrons. The fourth-order valence-corrected chi connectivity index (χ4v) is 6.28. The van der Waals surface area contributed by atoms with Gasteiger partial charge >= 0.3 is 0 Å². The van der Waals surface area contributed by atoms with Gasteiger partial charge < -0.3 is 0 Å². The van der Waals surface area contributed by atoms with Crippen LogP contribution in [0.1, 0.15) is 55.1 Å². The molecule has 4 aromatic rings. The number of hydrogen-bond acceptors (Lipinski definition) is 5. The third kappa shape index (κ3) is 5.61. The van der Waals surface area contributed by atoms with Crippen molar-refractivity contribution in [1.29, 1.82) is 0 Å². The van der Waals surface area contributed by atoms with Crippen LogP contribution < -0.4 is 5.32 Å². The highest BCUT2D eigenvalue weighted by Crippen LogP contribution is 2.29. The van der Waals surface area contributed by atoms with Crippen LogP contribution in [0.5, 0.6) is 0 Å². The Morgan fingerprint density at radius 1 is 0.971 bits per heavy atom. The zero-order valence-corrected chi connectivity index (χ0v) is 21.9. The molecule has 6 nitrogen and oxygen atoms in total. The van der Waals surface area contributed by atoms with Gasteiger partial charge in [-0.25, -0.2) is 13.4 Å². The molecule has 3 aromatic carbocycles. The van der Waals surface area contributed by atoms with E-state index in [9.17, 15) is 13.2 Å². The number of carbonyl (C=O) groups is 1. The molecule has 0 aliphatic rings. The smallest absolute Gasteiger partial charge is 0.257 e. The first-order valence-corrected chi connectivity index (χ1v) is 13.8. The Labute approximate surface area is 210 Å². The maximum atomic E-state index is 13.3. The summed E-state index contributed by atoms with van der Waals surface area (Å²) in [4.78, 5) is 17.5. The second-order valence-corrected chi connectivity index (χ2v) is 11.9. The van der Waals surface area contributed by atoms with E-state index >= 15 is 0 Å². The molecule has 0 spiro atoms. The lowest BCUT2D eigenvalue weighted by molar-refractivity contribution is 0.102. The number of carbonyl (C=O) groups excluding carboxylic acids is 1. The maximum Gasteiger partial charge on any atom is 0.257 e. The summed E-state index contributed by atoms with van der Waals surface area (Å²) in [6, 6.07) is 21.4. The largest absolute Gasteiger partial charge is 0.298 e. The van der Waals surface area contributed by atoms with Gasteiger partial charge in [0.25, 0.3) is 5.91 Å². The van der Waals surface area contributed by atoms with E-state index in [0.717, 1.165) is 15.8 Å². The first kappa shape index (κ1) is 25.0. The minimum absolute atomic E-state index is 0.153. The summed E-state index contributed by atoms with van der Waals surface area (Å²) in [5, 5.41) is 3.35. The average molecular weight is 508 g/mol. The van der Waals surface area contributed by atoms with E-state index in [1.807, 2.05) is 50.2 Å². The van der Waals surface area contributed by atoms with Crippen LogP contribution in [-0.2, 0) is 16.6 Å². The lowest BCUT2D eigenvalue weighted by atomic mass is 10.0. The van der Waals surface area contributed by atoms with Crippen LogP contribution in [0.15, 0.2) is 77.7 Å². The Bertz CT molecular complexity index is 1430. The molecule has 1 N–H and O–H groups in total. The minimum atomic E-state index is -3.74. The predicted molar refractivity (Wildman–Crippen MR) is 142 cm³/mol. The quantitative estimate of drug-likeness (QED) is 0.305. The average Bonchev–Trinajstić information content (AvgIpc) is 3.24. The number of benzene rings is 3. The van der Waals surface area contributed by atoms with Crippen molar-refractivity contribution in [2.24, 2.45) is 0 Å². The van der Waals surface area contributed by atoms with Crippen LogP contribution in [0.3, 0.4) is 0 Å². The number of fused-ring (bicyclic) bond motifs is 1. The standard InChI is InChI=1S/C27H29N3O3S2/c1-18(2)22-12-15-24-25(16-22)34-27(28-24)29-26(31)21-10-13-23(14-11-21)35(32,33)30(19(3)4)17-20-8-6-5-7-9-20/h5-16,18-19H,17H2,1-4H3,(H,28,29,31). The van der Waals surface area contributed by atoms with Gasteiger partial charge in [-0.2, -0.15) is 4.31 Å². The number of sulfonamides is 1. The van der Waals surface area contributed by atoms with Crippen molar-refractivity contribution < 1.29 is 13.2 Å². The van der Waals surface area contributed by atoms with Crippen molar-refractivity contribution in [3.8, 4) is 0 Å². The van der Waals surface area contributed by atoms with Gasteiger partial charge in [-0.15, -0.1) is 0 Å². The Morgan fingerprint density at radius 2 is 1.66 bits per heavy atom. The topological polar surface area (TPSA) is 79.4 Å². The summed E-state index contributed by atoms with van der Waals surface area (Å²) in [6.07, 6.45) is 0. The van der Waals surface area contributed by atoms with Gasteiger partial charge in [0.2, 0.25) is 10.0 Å². The van der Waals surface area contributed by atoms with Gasteiger partial charge in [-0.1, -0.05) is 61.6 Å². The summed E-state index contributed by atoms with van der Waals surface area (Å²) >= 11 is 1.42. The predicted octanol–water partition coefficient (Wildman–Crippen LogP) is 6.27. The van der Waals surface area contributed by atoms with Crippen LogP contribution >= 0.6 is 11.3 Å². The summed E-state index contributed by atoms with van der Waals surface area (Å²) in [6.45, 7) is 8.25. The molecule has 4 rings (SSSR count). The number of nitrogens with zero attached hydrogens (tertiary/aromatic N) is 2. The van der Waals surface area contributed by atoms with Crippen molar-refractivity contribution >= 4 is 42.6 Å². The number of rotatable bonds is 8. The molecule has 1 aromatic heterocycles. The molecule has 8 heteroatoms. The molecule has 0 saturated carbocycles. The number of amides is 1. The van der Waals surface area contributed by atoms with E-state index in [4.69, 9.17) is 0 Å². The van der Waals surface area contributed by atoms with Crippen LogP contribution in [0.2, 0.25) is 0 Å². The second kappa shape index (κ2) is 10.3. The van der Waals surface area contributed by atoms with E-state index in [2.05, 4.69) is 36.3 Å². The molecule has 0 atom stereocenters. The van der Waals surface area contributed by atoms with Gasteiger partial charge in [-0.3, -0.25) is 10.1 Å². The zero-order valence-electron chi connectivity index (χ0n) is 20.2. The number of thiazole rings is 1. The molecule has 0 aliphatic carbocycles. The summed E-state index contributed by atoms with van der Waals surface area (Å²) in [5.74, 6) is 0.0794. The molecule has 0 aliphatic heterocycles. The number of anilines is 1. The van der Waals surface area contributed by atoms with Gasteiger partial charge in [0.1, 0.15) is 0 Å². The van der Waals surface area contributed by atoms with Gasteiger partial charge in [0.15, 0.2) is 5.13 Å². The third-order valence-corrected chi connectivity index (χ3v) is 8.75. The molecular formula is C27H29N3O3S2. The Balaban J connectivity index is 1.51. The molecule has 0 unspecified atom stereocenters. The summed E-state index contributed by atoms with van der Waals surface area (Å²) in [7, 11) is -3.74. The van der Waals surface area contributed by atoms with E-state index in [-0.39, 0.29) is 23.4 Å². The SMILES string of the molecule is CC(C)c1ccc2nc(NC(=O)c3ccc(S(=O)(=O)N(Cc4ccccc4)C(C)C)cc3)sc2c1. The van der Waals surface area contributed by atoms with E-state index in [0.29, 0.717) is 16.6 Å². The number of hydrogen-bond donors (Lipinski definition) is 1. The zero-order chi connectivity index (χ0) is 25.2. The van der Waals surface area contributed by atoms with Crippen LogP contribution in [0, 0.1) is 0 Å². The van der Waals surface area contributed by atoms with Gasteiger partial charge in [-0.05, 0) is 67.3 Å². The summed E-state index contributed by atoms with van der Waals surface area (Å²) < 4.78 is 29.2. The van der Waals surface area contributed by atoms with E-state index in [1.54, 1.807) is 0 Å². The Hall–Kier alpha value is -3.07. The Morgan fingerprint density at radius 3 is 2.29 bits per heavy atom. The molecule has 1 heterocycles. The van der Waals surface area contributed by atoms with Gasteiger partial charge in [0, 0.05) is 18.2 Å². The van der Waals surface area contributed by atoms with E-state index < -0.39 is 10.0 Å². The Kier molecular flexibility index (Phi) is 7.35. The lowest BCUT2D eigenvalue weighted by Crippen LogP contribution is -2.36. The van der Waals surface area contributed by atoms with Crippen LogP contribution in [-0.4, -0.2) is 29.7 Å². The molecule has 0 fully saturated rings. The van der Waals surface area contributed by atoms with Crippen LogP contribution in [0.4, 0.5) is 5.13 Å². The minimum Gasteiger partial charge on any atom is -0.298 e. The molecule has 0 saturated heterocycles. The van der Waals surface area contributed by atoms with Crippen molar-refractivity contribution in [3.63, 3.8) is 0 Å². The van der Waals surface area contributed by atoms with E-state index in [1.165, 1.54) is 45.5 Å². The van der Waals surface area contributed by atoms with Crippen LogP contribution in [0.25, 0.3) is 10.2 Å². The number of aromatic nitrogens is 1. The fourth-order valence-electron chi connectivity index (χ4n) is 3.75. The van der Waals surface area contributed by atoms with Crippen molar-refractivity contribution in [3.05, 3.63) is 89.5 Å². The highest BCUT2D eigenvalue weighted by Gasteiger charge is 2.27. The third-order valence-electron chi connectivity index (χ3n) is 5.78. The molecular weight excluding hydrogens is 478 g/mol. The van der Waals surface area contributed by atoms with Gasteiger partial charge in [0.05, 0.1) is 15.1 Å².